The minimum Gasteiger partial charge on any atom is -0.369 e. The van der Waals surface area contributed by atoms with Gasteiger partial charge in [-0.1, -0.05) is 12.1 Å². The van der Waals surface area contributed by atoms with Gasteiger partial charge in [0, 0.05) is 31.9 Å². The molecule has 3 heteroatoms. The van der Waals surface area contributed by atoms with Crippen molar-refractivity contribution in [2.24, 2.45) is 0 Å². The van der Waals surface area contributed by atoms with E-state index in [0.29, 0.717) is 0 Å². The van der Waals surface area contributed by atoms with E-state index in [1.165, 1.54) is 16.8 Å². The van der Waals surface area contributed by atoms with Crippen molar-refractivity contribution in [1.82, 2.24) is 5.32 Å². The van der Waals surface area contributed by atoms with Gasteiger partial charge >= 0.3 is 32.7 Å². The maximum Gasteiger partial charge on any atom is 3.00 e. The van der Waals surface area contributed by atoms with Crippen LogP contribution in [0.1, 0.15) is 11.1 Å². The first-order chi connectivity index (χ1) is 9.42. The van der Waals surface area contributed by atoms with Gasteiger partial charge in [-0.2, -0.15) is 35.9 Å². The minimum absolute atomic E-state index is 0. The van der Waals surface area contributed by atoms with Gasteiger partial charge in [-0.25, -0.2) is 0 Å². The first-order valence-corrected chi connectivity index (χ1v) is 6.91. The average molecular weight is 340 g/mol. The number of piperazine rings is 1. The predicted molar refractivity (Wildman–Crippen MR) is 79.6 cm³/mol. The van der Waals surface area contributed by atoms with E-state index in [0.717, 1.165) is 32.6 Å². The normalized spacial score (nSPS) is 14.7. The van der Waals surface area contributed by atoms with Crippen LogP contribution in [-0.2, 0) is 39.1 Å². The summed E-state index contributed by atoms with van der Waals surface area (Å²) in [5.41, 5.74) is 4.05. The molecule has 0 amide bonds. The van der Waals surface area contributed by atoms with Gasteiger partial charge in [0.05, 0.1) is 0 Å². The monoisotopic (exact) mass is 340 g/mol. The standard InChI is InChI=1S/C17H19N2.Y/c1-2-4-15(5-3-1)14-16-6-8-17(9-7-16)19-12-10-18-11-13-19;/h2-9,18H,10-14H2;/q-1;+3. The Labute approximate surface area is 146 Å². The Morgan fingerprint density at radius 1 is 0.900 bits per heavy atom. The van der Waals surface area contributed by atoms with Gasteiger partial charge in [-0.15, -0.1) is 0 Å². The third kappa shape index (κ3) is 4.15. The molecule has 2 aromatic carbocycles. The zero-order valence-electron chi connectivity index (χ0n) is 11.7. The number of benzene rings is 2. The van der Waals surface area contributed by atoms with Crippen LogP contribution in [0.5, 0.6) is 0 Å². The van der Waals surface area contributed by atoms with Crippen LogP contribution in [0.2, 0.25) is 0 Å². The summed E-state index contributed by atoms with van der Waals surface area (Å²) < 4.78 is 0. The second-order valence-corrected chi connectivity index (χ2v) is 4.99. The third-order valence-corrected chi connectivity index (χ3v) is 3.61. The molecule has 1 aliphatic rings. The number of hydrogen-bond donors (Lipinski definition) is 1. The Balaban J connectivity index is 0.00000147. The van der Waals surface area contributed by atoms with Gasteiger partial charge in [0.15, 0.2) is 0 Å². The number of anilines is 1. The largest absolute Gasteiger partial charge is 3.00 e. The van der Waals surface area contributed by atoms with Gasteiger partial charge in [-0.3, -0.25) is 0 Å². The molecule has 2 nitrogen and oxygen atoms in total. The van der Waals surface area contributed by atoms with E-state index >= 15 is 0 Å². The van der Waals surface area contributed by atoms with Crippen molar-refractivity contribution >= 4 is 5.69 Å². The Hall–Kier alpha value is -0.696. The molecule has 2 aromatic rings. The summed E-state index contributed by atoms with van der Waals surface area (Å²) in [4.78, 5) is 2.44. The molecule has 1 fully saturated rings. The van der Waals surface area contributed by atoms with Crippen LogP contribution in [0, 0.1) is 6.07 Å². The van der Waals surface area contributed by atoms with E-state index in [2.05, 4.69) is 52.7 Å². The van der Waals surface area contributed by atoms with Gasteiger partial charge in [-0.05, 0) is 24.1 Å². The molecule has 0 aliphatic carbocycles. The topological polar surface area (TPSA) is 15.3 Å². The van der Waals surface area contributed by atoms with Crippen molar-refractivity contribution in [3.05, 3.63) is 65.7 Å². The molecule has 98 valence electrons. The smallest absolute Gasteiger partial charge is 0.369 e. The molecule has 0 bridgehead atoms. The van der Waals surface area contributed by atoms with Crippen molar-refractivity contribution < 1.29 is 32.7 Å². The molecule has 20 heavy (non-hydrogen) atoms. The molecular formula is C17H19N2Y+2. The Kier molecular flexibility index (Phi) is 6.21. The summed E-state index contributed by atoms with van der Waals surface area (Å²) in [6, 6.07) is 20.2. The fourth-order valence-corrected chi connectivity index (χ4v) is 2.52. The molecule has 0 atom stereocenters. The molecular weight excluding hydrogens is 321 g/mol. The maximum absolute atomic E-state index is 3.38. The van der Waals surface area contributed by atoms with Crippen LogP contribution in [0.25, 0.3) is 0 Å². The summed E-state index contributed by atoms with van der Waals surface area (Å²) in [5.74, 6) is 0. The van der Waals surface area contributed by atoms with Crippen LogP contribution in [0.3, 0.4) is 0 Å². The fourth-order valence-electron chi connectivity index (χ4n) is 2.52. The molecule has 0 spiro atoms. The van der Waals surface area contributed by atoms with E-state index < -0.39 is 0 Å². The van der Waals surface area contributed by atoms with Crippen molar-refractivity contribution in [3.8, 4) is 0 Å². The average Bonchev–Trinajstić information content (AvgIpc) is 2.50. The van der Waals surface area contributed by atoms with Crippen molar-refractivity contribution in [1.29, 1.82) is 0 Å². The summed E-state index contributed by atoms with van der Waals surface area (Å²) >= 11 is 0. The zero-order chi connectivity index (χ0) is 12.9. The Bertz CT molecular complexity index is 504. The molecule has 3 rings (SSSR count). The predicted octanol–water partition coefficient (Wildman–Crippen LogP) is 2.48. The summed E-state index contributed by atoms with van der Waals surface area (Å²) in [6.07, 6.45) is 0.997. The number of hydrogen-bond acceptors (Lipinski definition) is 2. The molecule has 1 saturated heterocycles. The first-order valence-electron chi connectivity index (χ1n) is 6.91. The second kappa shape index (κ2) is 7.92. The number of nitrogens with one attached hydrogen (secondary N) is 1. The van der Waals surface area contributed by atoms with Crippen LogP contribution >= 0.6 is 0 Å². The SMILES string of the molecule is [Y+3].[c-]1ccc(Cc2ccc(N3CCNCC3)cc2)cc1. The van der Waals surface area contributed by atoms with Gasteiger partial charge in [0.1, 0.15) is 0 Å². The number of rotatable bonds is 3. The minimum atomic E-state index is 0. The number of nitrogens with zero attached hydrogens (tertiary/aromatic N) is 1. The summed E-state index contributed by atoms with van der Waals surface area (Å²) in [7, 11) is 0. The van der Waals surface area contributed by atoms with E-state index in [9.17, 15) is 0 Å². The van der Waals surface area contributed by atoms with Gasteiger partial charge < -0.3 is 10.2 Å². The first kappa shape index (κ1) is 15.7. The van der Waals surface area contributed by atoms with Crippen molar-refractivity contribution in [2.75, 3.05) is 31.1 Å². The second-order valence-electron chi connectivity index (χ2n) is 4.99. The van der Waals surface area contributed by atoms with E-state index in [-0.39, 0.29) is 32.7 Å². The van der Waals surface area contributed by atoms with Crippen LogP contribution in [0.15, 0.2) is 48.5 Å². The van der Waals surface area contributed by atoms with E-state index in [1.54, 1.807) is 0 Å². The van der Waals surface area contributed by atoms with E-state index in [4.69, 9.17) is 0 Å². The fraction of sp³-hybridized carbons (Fsp3) is 0.294. The molecule has 1 heterocycles. The quantitative estimate of drug-likeness (QED) is 0.864. The van der Waals surface area contributed by atoms with Crippen molar-refractivity contribution in [3.63, 3.8) is 0 Å². The zero-order valence-corrected chi connectivity index (χ0v) is 14.5. The van der Waals surface area contributed by atoms with Gasteiger partial charge in [0.25, 0.3) is 0 Å². The Morgan fingerprint density at radius 2 is 1.50 bits per heavy atom. The summed E-state index contributed by atoms with van der Waals surface area (Å²) in [5, 5.41) is 3.38. The molecule has 0 unspecified atom stereocenters. The van der Waals surface area contributed by atoms with Crippen LogP contribution in [0.4, 0.5) is 5.69 Å². The molecule has 1 N–H and O–H groups in total. The Morgan fingerprint density at radius 3 is 2.15 bits per heavy atom. The van der Waals surface area contributed by atoms with Gasteiger partial charge in [0.2, 0.25) is 0 Å². The molecule has 0 radical (unpaired) electrons. The molecule has 0 aromatic heterocycles. The molecule has 0 saturated carbocycles. The van der Waals surface area contributed by atoms with E-state index in [1.807, 2.05) is 12.1 Å². The molecule has 1 aliphatic heterocycles. The van der Waals surface area contributed by atoms with Crippen LogP contribution < -0.4 is 10.2 Å². The maximum atomic E-state index is 3.38. The summed E-state index contributed by atoms with van der Waals surface area (Å²) in [6.45, 7) is 4.38. The third-order valence-electron chi connectivity index (χ3n) is 3.61. The van der Waals surface area contributed by atoms with Crippen LogP contribution in [-0.4, -0.2) is 26.2 Å². The van der Waals surface area contributed by atoms with Crippen molar-refractivity contribution in [2.45, 2.75) is 6.42 Å².